The quantitative estimate of drug-likeness (QED) is 0.283. The molecule has 0 spiro atoms. The smallest absolute Gasteiger partial charge is 0.416 e. The number of halogens is 4. The number of aromatic nitrogens is 4. The molecular weight excluding hydrogens is 725 g/mol. The van der Waals surface area contributed by atoms with Crippen LogP contribution in [0.4, 0.5) is 29.3 Å². The Morgan fingerprint density at radius 2 is 1.85 bits per heavy atom. The summed E-state index contributed by atoms with van der Waals surface area (Å²) >= 11 is 7.73. The summed E-state index contributed by atoms with van der Waals surface area (Å²) in [6.07, 6.45) is -4.31. The van der Waals surface area contributed by atoms with Gasteiger partial charge < -0.3 is 24.6 Å². The van der Waals surface area contributed by atoms with E-state index in [-0.39, 0.29) is 42.2 Å². The molecule has 1 N–H and O–H groups in total. The molecule has 3 aromatic heterocycles. The van der Waals surface area contributed by atoms with E-state index in [1.165, 1.54) is 15.9 Å². The Kier molecular flexibility index (Phi) is 9.28. The van der Waals surface area contributed by atoms with Crippen LogP contribution in [0.1, 0.15) is 61.5 Å². The molecule has 52 heavy (non-hydrogen) atoms. The van der Waals surface area contributed by atoms with E-state index < -0.39 is 40.9 Å². The molecule has 0 bridgehead atoms. The van der Waals surface area contributed by atoms with Gasteiger partial charge in [-0.15, -0.1) is 16.4 Å². The summed E-state index contributed by atoms with van der Waals surface area (Å²) in [5.41, 5.74) is -0.0673. The number of likely N-dealkylation sites (N-methyl/N-ethyl adjacent to an activating group) is 1. The number of anilines is 2. The van der Waals surface area contributed by atoms with Crippen molar-refractivity contribution in [3.8, 4) is 10.7 Å². The number of carbonyl (C=O) groups is 2. The highest BCUT2D eigenvalue weighted by atomic mass is 35.5. The van der Waals surface area contributed by atoms with Crippen molar-refractivity contribution < 1.29 is 32.2 Å². The van der Waals surface area contributed by atoms with Crippen LogP contribution in [0.5, 0.6) is 0 Å². The zero-order valence-electron chi connectivity index (χ0n) is 29.2. The maximum absolute atomic E-state index is 14.6. The Labute approximate surface area is 305 Å². The number of amides is 2. The number of benzene rings is 1. The summed E-state index contributed by atoms with van der Waals surface area (Å²) < 4.78 is 54.2. The minimum atomic E-state index is -4.61. The Hall–Kier alpha value is -4.19. The summed E-state index contributed by atoms with van der Waals surface area (Å²) in [6, 6.07) is 3.37. The van der Waals surface area contributed by atoms with Crippen molar-refractivity contribution in [1.29, 1.82) is 0 Å². The van der Waals surface area contributed by atoms with Crippen molar-refractivity contribution in [3.05, 3.63) is 61.3 Å². The molecule has 2 amide bonds. The van der Waals surface area contributed by atoms with Gasteiger partial charge in [0.25, 0.3) is 5.56 Å². The van der Waals surface area contributed by atoms with Crippen molar-refractivity contribution >= 4 is 52.1 Å². The predicted octanol–water partition coefficient (Wildman–Crippen LogP) is 5.61. The highest BCUT2D eigenvalue weighted by Gasteiger charge is 2.40. The van der Waals surface area contributed by atoms with Crippen LogP contribution in [0.15, 0.2) is 29.1 Å². The monoisotopic (exact) mass is 762 g/mol. The number of alkyl halides is 3. The third-order valence-electron chi connectivity index (χ3n) is 9.50. The normalized spacial score (nSPS) is 19.8. The van der Waals surface area contributed by atoms with Crippen LogP contribution >= 0.6 is 22.9 Å². The van der Waals surface area contributed by atoms with Crippen LogP contribution in [-0.2, 0) is 33.5 Å². The van der Waals surface area contributed by atoms with Crippen molar-refractivity contribution in [3.63, 3.8) is 0 Å². The van der Waals surface area contributed by atoms with Gasteiger partial charge in [0.05, 0.1) is 40.1 Å². The molecule has 4 aromatic rings. The molecule has 3 aliphatic rings. The predicted molar refractivity (Wildman–Crippen MR) is 189 cm³/mol. The van der Waals surface area contributed by atoms with Gasteiger partial charge in [-0.2, -0.15) is 22.7 Å². The maximum atomic E-state index is 14.6. The molecule has 3 aliphatic heterocycles. The van der Waals surface area contributed by atoms with Gasteiger partial charge in [-0.3, -0.25) is 19.1 Å². The first-order chi connectivity index (χ1) is 24.5. The van der Waals surface area contributed by atoms with E-state index in [1.54, 1.807) is 30.2 Å². The van der Waals surface area contributed by atoms with Gasteiger partial charge in [0.2, 0.25) is 11.7 Å². The second kappa shape index (κ2) is 13.3. The second-order valence-electron chi connectivity index (χ2n) is 14.2. The minimum Gasteiger partial charge on any atom is -0.444 e. The average molecular weight is 763 g/mol. The van der Waals surface area contributed by atoms with Gasteiger partial charge in [0, 0.05) is 43.6 Å². The summed E-state index contributed by atoms with van der Waals surface area (Å²) in [6.45, 7) is 9.76. The van der Waals surface area contributed by atoms with Gasteiger partial charge in [-0.1, -0.05) is 11.6 Å². The fraction of sp³-hybridized carbons (Fsp3) is 0.500. The van der Waals surface area contributed by atoms with Gasteiger partial charge in [-0.25, -0.2) is 4.79 Å². The minimum absolute atomic E-state index is 0.00610. The number of thiophene rings is 1. The van der Waals surface area contributed by atoms with Gasteiger partial charge in [0.15, 0.2) is 5.82 Å². The van der Waals surface area contributed by atoms with E-state index in [4.69, 9.17) is 31.2 Å². The number of fused-ring (bicyclic) bond motifs is 4. The van der Waals surface area contributed by atoms with Gasteiger partial charge >= 0.3 is 12.3 Å². The van der Waals surface area contributed by atoms with E-state index in [1.807, 2.05) is 29.8 Å². The number of carbonyl (C=O) groups excluding carboxylic acids is 2. The molecule has 1 aromatic carbocycles. The standard InChI is InChI=1S/C34H38ClF3N8O5S/c1-18-26-27(43-9-11-44(12-10-43)32(49)51-33(2,3)4)30(48)46-31(40-28(41-46)24-14-19-8-13-50-17-25(19)52-24)45(26)23(16-42(18)5)29(47)39-22-7-6-20(15-21(22)35)34(36,37)38/h6-7,14-15,18,23H,8-13,16-17H2,1-5H3,(H,39,47)/t18-,23+/m0/s1. The maximum Gasteiger partial charge on any atom is 0.416 e. The molecule has 278 valence electrons. The van der Waals surface area contributed by atoms with Crippen molar-refractivity contribution in [2.24, 2.45) is 0 Å². The van der Waals surface area contributed by atoms with Gasteiger partial charge in [0.1, 0.15) is 17.3 Å². The third kappa shape index (κ3) is 6.74. The first kappa shape index (κ1) is 36.2. The molecule has 0 saturated carbocycles. The van der Waals surface area contributed by atoms with Crippen molar-refractivity contribution in [1.82, 2.24) is 29.0 Å². The fourth-order valence-electron chi connectivity index (χ4n) is 6.76. The van der Waals surface area contributed by atoms with Crippen molar-refractivity contribution in [2.75, 3.05) is 56.6 Å². The van der Waals surface area contributed by atoms with E-state index in [9.17, 15) is 27.6 Å². The highest BCUT2D eigenvalue weighted by Crippen LogP contribution is 2.39. The first-order valence-electron chi connectivity index (χ1n) is 16.9. The number of piperazine rings is 1. The Morgan fingerprint density at radius 3 is 2.50 bits per heavy atom. The number of rotatable bonds is 4. The molecule has 0 unspecified atom stereocenters. The number of hydrogen-bond acceptors (Lipinski definition) is 10. The lowest BCUT2D eigenvalue weighted by molar-refractivity contribution is -0.137. The molecule has 1 fully saturated rings. The number of ether oxygens (including phenoxy) is 2. The zero-order chi connectivity index (χ0) is 37.3. The molecule has 0 radical (unpaired) electrons. The number of nitrogens with one attached hydrogen (secondary N) is 1. The second-order valence-corrected chi connectivity index (χ2v) is 15.7. The molecule has 13 nitrogen and oxygen atoms in total. The van der Waals surface area contributed by atoms with E-state index >= 15 is 0 Å². The Bertz CT molecular complexity index is 2090. The Balaban J connectivity index is 1.33. The summed E-state index contributed by atoms with van der Waals surface area (Å²) in [4.78, 5) is 53.7. The number of nitrogens with zero attached hydrogens (tertiary/aromatic N) is 7. The zero-order valence-corrected chi connectivity index (χ0v) is 30.8. The largest absolute Gasteiger partial charge is 0.444 e. The van der Waals surface area contributed by atoms with Crippen LogP contribution in [-0.4, -0.2) is 92.9 Å². The van der Waals surface area contributed by atoms with E-state index in [0.717, 1.165) is 39.9 Å². The molecule has 2 atom stereocenters. The third-order valence-corrected chi connectivity index (χ3v) is 11.0. The van der Waals surface area contributed by atoms with Crippen LogP contribution in [0.3, 0.4) is 0 Å². The summed E-state index contributed by atoms with van der Waals surface area (Å²) in [7, 11) is 1.83. The average Bonchev–Trinajstić information content (AvgIpc) is 3.72. The highest BCUT2D eigenvalue weighted by molar-refractivity contribution is 7.15. The van der Waals surface area contributed by atoms with Crippen LogP contribution in [0, 0.1) is 0 Å². The molecule has 7 rings (SSSR count). The van der Waals surface area contributed by atoms with Gasteiger partial charge in [-0.05, 0) is 71.0 Å². The molecule has 0 aliphatic carbocycles. The lowest BCUT2D eigenvalue weighted by Crippen LogP contribution is -2.53. The summed E-state index contributed by atoms with van der Waals surface area (Å²) in [5, 5.41) is 7.14. The molecular formula is C34H38ClF3N8O5S. The van der Waals surface area contributed by atoms with Crippen molar-refractivity contribution in [2.45, 2.75) is 64.6 Å². The number of hydrogen-bond donors (Lipinski definition) is 1. The lowest BCUT2D eigenvalue weighted by atomic mass is 10.0. The topological polar surface area (TPSA) is 127 Å². The fourth-order valence-corrected chi connectivity index (χ4v) is 8.07. The molecule has 1 saturated heterocycles. The molecule has 18 heteroatoms. The van der Waals surface area contributed by atoms with Crippen LogP contribution in [0.25, 0.3) is 16.5 Å². The van der Waals surface area contributed by atoms with E-state index in [0.29, 0.717) is 43.5 Å². The lowest BCUT2D eigenvalue weighted by Gasteiger charge is -2.42. The molecule has 6 heterocycles. The van der Waals surface area contributed by atoms with Crippen LogP contribution < -0.4 is 15.8 Å². The summed E-state index contributed by atoms with van der Waals surface area (Å²) in [5.74, 6) is -0.108. The SMILES string of the molecule is C[C@H]1c2c(N3CCN(C(=O)OC(C)(C)C)CC3)c(=O)n3nc(-c4cc5c(s4)COCC5)nc3n2[C@@H](C(=O)Nc2ccc(C(F)(F)F)cc2Cl)CN1C. The first-order valence-corrected chi connectivity index (χ1v) is 18.0. The van der Waals surface area contributed by atoms with Crippen LogP contribution in [0.2, 0.25) is 5.02 Å². The Morgan fingerprint density at radius 1 is 1.12 bits per heavy atom. The van der Waals surface area contributed by atoms with E-state index in [2.05, 4.69) is 5.32 Å².